The fraction of sp³-hybridized carbons (Fsp3) is 0.200. The molecule has 2 aromatic rings. The maximum Gasteiger partial charge on any atom is 0.218 e. The predicted octanol–water partition coefficient (Wildman–Crippen LogP) is 3.96. The largest absolute Gasteiger partial charge is 0.218 e. The van der Waals surface area contributed by atoms with Gasteiger partial charge in [0, 0.05) is 23.6 Å². The van der Waals surface area contributed by atoms with Crippen LogP contribution in [0.3, 0.4) is 0 Å². The third-order valence-corrected chi connectivity index (χ3v) is 5.34. The Morgan fingerprint density at radius 1 is 0.857 bits per heavy atom. The molecular formula is C15H15Cl2NO2S. The topological polar surface area (TPSA) is 37.4 Å². The first-order valence-electron chi connectivity index (χ1n) is 6.30. The lowest BCUT2D eigenvalue weighted by Crippen LogP contribution is -2.27. The van der Waals surface area contributed by atoms with Gasteiger partial charge < -0.3 is 0 Å². The van der Waals surface area contributed by atoms with Crippen LogP contribution in [-0.4, -0.2) is 19.8 Å². The van der Waals surface area contributed by atoms with Crippen molar-refractivity contribution in [1.29, 1.82) is 0 Å². The van der Waals surface area contributed by atoms with Crippen molar-refractivity contribution in [3.63, 3.8) is 0 Å². The Bertz CT molecular complexity index is 697. The van der Waals surface area contributed by atoms with Crippen LogP contribution in [0.25, 0.3) is 0 Å². The Morgan fingerprint density at radius 3 is 1.76 bits per heavy atom. The molecule has 0 fully saturated rings. The molecule has 0 amide bonds. The van der Waals surface area contributed by atoms with Gasteiger partial charge in [-0.3, -0.25) is 0 Å². The highest BCUT2D eigenvalue weighted by atomic mass is 35.5. The standard InChI is InChI=1S/C15H15Cl2NO2S/c1-18(10-12-2-6-14(16)7-3-12)21(19,20)11-13-4-8-15(17)9-5-13/h2-9H,10-11H2,1H3. The number of nitrogens with zero attached hydrogens (tertiary/aromatic N) is 1. The molecule has 0 radical (unpaired) electrons. The molecular weight excluding hydrogens is 329 g/mol. The van der Waals surface area contributed by atoms with Gasteiger partial charge in [0.05, 0.1) is 5.75 Å². The van der Waals surface area contributed by atoms with Gasteiger partial charge in [0.1, 0.15) is 0 Å². The van der Waals surface area contributed by atoms with Crippen molar-refractivity contribution in [1.82, 2.24) is 4.31 Å². The minimum atomic E-state index is -3.38. The first-order chi connectivity index (χ1) is 9.87. The number of rotatable bonds is 5. The summed E-state index contributed by atoms with van der Waals surface area (Å²) < 4.78 is 26.0. The third-order valence-electron chi connectivity index (χ3n) is 3.06. The zero-order valence-electron chi connectivity index (χ0n) is 11.5. The van der Waals surface area contributed by atoms with E-state index in [9.17, 15) is 8.42 Å². The summed E-state index contributed by atoms with van der Waals surface area (Å²) in [6.45, 7) is 0.313. The van der Waals surface area contributed by atoms with Crippen molar-refractivity contribution >= 4 is 33.2 Å². The molecule has 0 aliphatic carbocycles. The van der Waals surface area contributed by atoms with Crippen molar-refractivity contribution in [2.24, 2.45) is 0 Å². The van der Waals surface area contributed by atoms with Gasteiger partial charge in [0.2, 0.25) is 10.0 Å². The molecule has 0 aliphatic heterocycles. The van der Waals surface area contributed by atoms with Gasteiger partial charge in [-0.05, 0) is 35.4 Å². The second-order valence-electron chi connectivity index (χ2n) is 4.77. The third kappa shape index (κ3) is 4.71. The Balaban J connectivity index is 2.07. The number of hydrogen-bond acceptors (Lipinski definition) is 2. The molecule has 0 spiro atoms. The van der Waals surface area contributed by atoms with Crippen LogP contribution in [0, 0.1) is 0 Å². The Morgan fingerprint density at radius 2 is 1.29 bits per heavy atom. The van der Waals surface area contributed by atoms with Crippen molar-refractivity contribution in [3.8, 4) is 0 Å². The van der Waals surface area contributed by atoms with E-state index in [4.69, 9.17) is 23.2 Å². The first kappa shape index (κ1) is 16.3. The highest BCUT2D eigenvalue weighted by Crippen LogP contribution is 2.16. The summed E-state index contributed by atoms with van der Waals surface area (Å²) in [5.74, 6) is -0.0474. The summed E-state index contributed by atoms with van der Waals surface area (Å²) in [6.07, 6.45) is 0. The van der Waals surface area contributed by atoms with Crippen LogP contribution in [0.1, 0.15) is 11.1 Å². The lowest BCUT2D eigenvalue weighted by atomic mass is 10.2. The number of sulfonamides is 1. The highest BCUT2D eigenvalue weighted by Gasteiger charge is 2.18. The lowest BCUT2D eigenvalue weighted by Gasteiger charge is -2.17. The quantitative estimate of drug-likeness (QED) is 0.823. The van der Waals surface area contributed by atoms with Gasteiger partial charge in [-0.25, -0.2) is 12.7 Å². The molecule has 0 saturated heterocycles. The van der Waals surface area contributed by atoms with Crippen molar-refractivity contribution in [3.05, 3.63) is 69.7 Å². The molecule has 0 unspecified atom stereocenters. The van der Waals surface area contributed by atoms with Crippen molar-refractivity contribution in [2.45, 2.75) is 12.3 Å². The lowest BCUT2D eigenvalue weighted by molar-refractivity contribution is 0.466. The second-order valence-corrected chi connectivity index (χ2v) is 7.71. The second kappa shape index (κ2) is 6.79. The maximum atomic E-state index is 12.3. The number of benzene rings is 2. The van der Waals surface area contributed by atoms with Crippen molar-refractivity contribution in [2.75, 3.05) is 7.05 Å². The van der Waals surface area contributed by atoms with Crippen LogP contribution in [0.2, 0.25) is 10.0 Å². The van der Waals surface area contributed by atoms with E-state index in [1.165, 1.54) is 4.31 Å². The molecule has 0 bridgehead atoms. The summed E-state index contributed by atoms with van der Waals surface area (Å²) >= 11 is 11.6. The van der Waals surface area contributed by atoms with E-state index in [-0.39, 0.29) is 5.75 Å². The van der Waals surface area contributed by atoms with E-state index < -0.39 is 10.0 Å². The summed E-state index contributed by atoms with van der Waals surface area (Å²) in [5, 5.41) is 1.22. The highest BCUT2D eigenvalue weighted by molar-refractivity contribution is 7.88. The smallest absolute Gasteiger partial charge is 0.212 e. The van der Waals surface area contributed by atoms with Gasteiger partial charge in [-0.1, -0.05) is 47.5 Å². The van der Waals surface area contributed by atoms with E-state index in [0.29, 0.717) is 22.2 Å². The monoisotopic (exact) mass is 343 g/mol. The van der Waals surface area contributed by atoms with E-state index in [2.05, 4.69) is 0 Å². The van der Waals surface area contributed by atoms with Crippen molar-refractivity contribution < 1.29 is 8.42 Å². The van der Waals surface area contributed by atoms with E-state index >= 15 is 0 Å². The summed E-state index contributed by atoms with van der Waals surface area (Å²) in [6, 6.07) is 13.9. The first-order valence-corrected chi connectivity index (χ1v) is 8.66. The Kier molecular flexibility index (Phi) is 5.27. The summed E-state index contributed by atoms with van der Waals surface area (Å²) in [7, 11) is -1.81. The molecule has 6 heteroatoms. The molecule has 0 aliphatic rings. The Hall–Kier alpha value is -1.07. The van der Waals surface area contributed by atoms with Crippen LogP contribution >= 0.6 is 23.2 Å². The average molecular weight is 344 g/mol. The molecule has 112 valence electrons. The minimum absolute atomic E-state index is 0.0474. The predicted molar refractivity (Wildman–Crippen MR) is 87.0 cm³/mol. The maximum absolute atomic E-state index is 12.3. The SMILES string of the molecule is CN(Cc1ccc(Cl)cc1)S(=O)(=O)Cc1ccc(Cl)cc1. The summed E-state index contributed by atoms with van der Waals surface area (Å²) in [5.41, 5.74) is 1.60. The molecule has 0 saturated carbocycles. The van der Waals surface area contributed by atoms with Crippen LogP contribution < -0.4 is 0 Å². The minimum Gasteiger partial charge on any atom is -0.212 e. The zero-order chi connectivity index (χ0) is 15.5. The van der Waals surface area contributed by atoms with Crippen LogP contribution in [0.4, 0.5) is 0 Å². The van der Waals surface area contributed by atoms with E-state index in [0.717, 1.165) is 5.56 Å². The molecule has 0 heterocycles. The normalized spacial score (nSPS) is 11.8. The molecule has 2 rings (SSSR count). The molecule has 0 aromatic heterocycles. The Labute approximate surface area is 135 Å². The fourth-order valence-electron chi connectivity index (χ4n) is 1.85. The van der Waals surface area contributed by atoms with Gasteiger partial charge in [-0.2, -0.15) is 0 Å². The number of halogens is 2. The zero-order valence-corrected chi connectivity index (χ0v) is 13.8. The molecule has 2 aromatic carbocycles. The van der Waals surface area contributed by atoms with Crippen LogP contribution in [-0.2, 0) is 22.3 Å². The van der Waals surface area contributed by atoms with Gasteiger partial charge in [0.15, 0.2) is 0 Å². The number of hydrogen-bond donors (Lipinski definition) is 0. The van der Waals surface area contributed by atoms with Crippen LogP contribution in [0.15, 0.2) is 48.5 Å². The average Bonchev–Trinajstić information content (AvgIpc) is 2.43. The molecule has 3 nitrogen and oxygen atoms in total. The van der Waals surface area contributed by atoms with E-state index in [1.54, 1.807) is 43.4 Å². The molecule has 0 N–H and O–H groups in total. The van der Waals surface area contributed by atoms with Crippen LogP contribution in [0.5, 0.6) is 0 Å². The molecule has 21 heavy (non-hydrogen) atoms. The van der Waals surface area contributed by atoms with Gasteiger partial charge >= 0.3 is 0 Å². The fourth-order valence-corrected chi connectivity index (χ4v) is 3.28. The van der Waals surface area contributed by atoms with E-state index in [1.807, 2.05) is 12.1 Å². The van der Waals surface area contributed by atoms with Gasteiger partial charge in [0.25, 0.3) is 0 Å². The summed E-state index contributed by atoms with van der Waals surface area (Å²) in [4.78, 5) is 0. The van der Waals surface area contributed by atoms with Gasteiger partial charge in [-0.15, -0.1) is 0 Å². The molecule has 0 atom stereocenters.